The highest BCUT2D eigenvalue weighted by Crippen LogP contribution is 2.51. The Kier molecular flexibility index (Phi) is 7.82. The van der Waals surface area contributed by atoms with E-state index in [2.05, 4.69) is 51.3 Å². The van der Waals surface area contributed by atoms with E-state index in [4.69, 9.17) is 27.9 Å². The van der Waals surface area contributed by atoms with Crippen LogP contribution in [0.25, 0.3) is 0 Å². The monoisotopic (exact) mass is 560 g/mol. The predicted octanol–water partition coefficient (Wildman–Crippen LogP) is 6.23. The quantitative estimate of drug-likeness (QED) is 0.110. The zero-order valence-corrected chi connectivity index (χ0v) is 22.8. The van der Waals surface area contributed by atoms with E-state index in [9.17, 15) is 9.59 Å². The Morgan fingerprint density at radius 1 is 0.821 bits per heavy atom. The lowest BCUT2D eigenvalue weighted by atomic mass is 9.75. The standard InChI is InChI=1S/C30H26Cl2N4O3/c1-39-25(38)19-11-18-24(37)35-20-36(28-26(35)27(31)33-29(32)34-28)30(21-12-5-2-6-13-21,22-14-7-3-8-15-22)23-16-9-4-10-17-23/h2-10,12-17H,11,18-20H2,1H3. The molecule has 0 bridgehead atoms. The average molecular weight is 561 g/mol. The van der Waals surface area contributed by atoms with Crippen molar-refractivity contribution in [2.45, 2.75) is 24.8 Å². The van der Waals surface area contributed by atoms with E-state index in [0.29, 0.717) is 17.9 Å². The van der Waals surface area contributed by atoms with E-state index in [0.717, 1.165) is 16.7 Å². The van der Waals surface area contributed by atoms with Crippen LogP contribution in [-0.4, -0.2) is 35.6 Å². The van der Waals surface area contributed by atoms with Crippen LogP contribution in [0.3, 0.4) is 0 Å². The highest BCUT2D eigenvalue weighted by atomic mass is 35.5. The van der Waals surface area contributed by atoms with Gasteiger partial charge in [0.25, 0.3) is 0 Å². The number of carbonyl (C=O) groups excluding carboxylic acids is 2. The zero-order valence-electron chi connectivity index (χ0n) is 21.3. The predicted molar refractivity (Wildman–Crippen MR) is 152 cm³/mol. The number of aromatic nitrogens is 2. The number of esters is 1. The van der Waals surface area contributed by atoms with Gasteiger partial charge in [0.2, 0.25) is 11.2 Å². The fourth-order valence-electron chi connectivity index (χ4n) is 5.19. The molecule has 1 amide bonds. The normalized spacial score (nSPS) is 12.8. The number of carbonyl (C=O) groups is 2. The number of hydrogen-bond acceptors (Lipinski definition) is 6. The van der Waals surface area contributed by atoms with Gasteiger partial charge in [0.05, 0.1) is 7.11 Å². The van der Waals surface area contributed by atoms with Gasteiger partial charge in [-0.2, -0.15) is 4.98 Å². The molecule has 0 unspecified atom stereocenters. The van der Waals surface area contributed by atoms with Crippen LogP contribution in [0.15, 0.2) is 91.0 Å². The number of amides is 1. The van der Waals surface area contributed by atoms with Crippen molar-refractivity contribution in [2.24, 2.45) is 0 Å². The second-order valence-electron chi connectivity index (χ2n) is 9.09. The number of methoxy groups -OCH3 is 1. The summed E-state index contributed by atoms with van der Waals surface area (Å²) in [4.78, 5) is 37.7. The maximum absolute atomic E-state index is 13.6. The molecule has 1 aliphatic rings. The summed E-state index contributed by atoms with van der Waals surface area (Å²) in [6.07, 6.45) is 0.598. The number of rotatable bonds is 8. The fourth-order valence-corrected chi connectivity index (χ4v) is 5.66. The molecule has 5 rings (SSSR count). The van der Waals surface area contributed by atoms with Crippen LogP contribution in [-0.2, 0) is 19.9 Å². The van der Waals surface area contributed by atoms with Crippen molar-refractivity contribution in [3.8, 4) is 0 Å². The molecule has 0 radical (unpaired) electrons. The summed E-state index contributed by atoms with van der Waals surface area (Å²) in [5.74, 6) is -0.132. The lowest BCUT2D eigenvalue weighted by molar-refractivity contribution is -0.140. The molecule has 7 nitrogen and oxygen atoms in total. The van der Waals surface area contributed by atoms with Crippen molar-refractivity contribution < 1.29 is 14.3 Å². The first-order valence-corrected chi connectivity index (χ1v) is 13.3. The molecule has 39 heavy (non-hydrogen) atoms. The van der Waals surface area contributed by atoms with E-state index in [1.807, 2.05) is 54.6 Å². The maximum Gasteiger partial charge on any atom is 0.305 e. The van der Waals surface area contributed by atoms with E-state index in [1.54, 1.807) is 4.90 Å². The minimum atomic E-state index is -0.902. The lowest BCUT2D eigenvalue weighted by Gasteiger charge is -2.44. The smallest absolute Gasteiger partial charge is 0.305 e. The molecule has 0 atom stereocenters. The molecular weight excluding hydrogens is 535 g/mol. The Morgan fingerprint density at radius 2 is 1.33 bits per heavy atom. The van der Waals surface area contributed by atoms with Crippen molar-refractivity contribution >= 4 is 46.6 Å². The molecule has 0 spiro atoms. The van der Waals surface area contributed by atoms with Gasteiger partial charge in [0.15, 0.2) is 11.0 Å². The van der Waals surface area contributed by atoms with E-state index >= 15 is 0 Å². The van der Waals surface area contributed by atoms with Gasteiger partial charge >= 0.3 is 5.97 Å². The second-order valence-corrected chi connectivity index (χ2v) is 9.78. The van der Waals surface area contributed by atoms with Gasteiger partial charge in [-0.15, -0.1) is 0 Å². The number of fused-ring (bicyclic) bond motifs is 1. The van der Waals surface area contributed by atoms with Gasteiger partial charge in [-0.3, -0.25) is 14.5 Å². The van der Waals surface area contributed by atoms with Crippen LogP contribution >= 0.6 is 23.2 Å². The van der Waals surface area contributed by atoms with E-state index < -0.39 is 5.54 Å². The molecule has 0 saturated heterocycles. The molecule has 9 heteroatoms. The van der Waals surface area contributed by atoms with E-state index in [1.165, 1.54) is 7.11 Å². The van der Waals surface area contributed by atoms with Crippen molar-refractivity contribution in [1.29, 1.82) is 0 Å². The van der Waals surface area contributed by atoms with Crippen molar-refractivity contribution in [1.82, 2.24) is 9.97 Å². The molecule has 0 saturated carbocycles. The molecule has 4 aromatic rings. The Bertz CT molecular complexity index is 1370. The Labute approximate surface area is 237 Å². The summed E-state index contributed by atoms with van der Waals surface area (Å²) >= 11 is 13.0. The lowest BCUT2D eigenvalue weighted by Crippen LogP contribution is -2.50. The van der Waals surface area contributed by atoms with Gasteiger partial charge < -0.3 is 9.64 Å². The van der Waals surface area contributed by atoms with Gasteiger partial charge in [-0.1, -0.05) is 103 Å². The number of nitrogens with zero attached hydrogens (tertiary/aromatic N) is 4. The third kappa shape index (κ3) is 4.95. The number of hydrogen-bond donors (Lipinski definition) is 0. The van der Waals surface area contributed by atoms with Crippen molar-refractivity contribution in [2.75, 3.05) is 23.6 Å². The molecule has 0 fully saturated rings. The molecule has 1 aromatic heterocycles. The minimum Gasteiger partial charge on any atom is -0.469 e. The van der Waals surface area contributed by atoms with Gasteiger partial charge in [-0.05, 0) is 34.7 Å². The molecule has 0 aliphatic carbocycles. The third-order valence-corrected chi connectivity index (χ3v) is 7.32. The summed E-state index contributed by atoms with van der Waals surface area (Å²) in [6.45, 7) is 0.139. The topological polar surface area (TPSA) is 75.6 Å². The molecule has 1 aliphatic heterocycles. The van der Waals surface area contributed by atoms with Crippen LogP contribution in [0.1, 0.15) is 36.0 Å². The van der Waals surface area contributed by atoms with Crippen LogP contribution < -0.4 is 9.80 Å². The number of halogens is 2. The van der Waals surface area contributed by atoms with Crippen LogP contribution in [0, 0.1) is 0 Å². The van der Waals surface area contributed by atoms with E-state index in [-0.39, 0.29) is 41.8 Å². The van der Waals surface area contributed by atoms with Crippen molar-refractivity contribution in [3.63, 3.8) is 0 Å². The summed E-state index contributed by atoms with van der Waals surface area (Å²) in [6, 6.07) is 30.2. The first-order chi connectivity index (χ1) is 19.0. The van der Waals surface area contributed by atoms with Gasteiger partial charge in [0.1, 0.15) is 17.9 Å². The summed E-state index contributed by atoms with van der Waals surface area (Å²) in [5, 5.41) is 0.0590. The molecule has 3 aromatic carbocycles. The molecular formula is C30H26Cl2N4O3. The number of benzene rings is 3. The highest BCUT2D eigenvalue weighted by Gasteiger charge is 2.49. The first kappa shape index (κ1) is 26.7. The minimum absolute atomic E-state index is 0.0215. The zero-order chi connectivity index (χ0) is 27.4. The summed E-state index contributed by atoms with van der Waals surface area (Å²) in [7, 11) is 1.33. The Balaban J connectivity index is 1.72. The summed E-state index contributed by atoms with van der Waals surface area (Å²) < 4.78 is 4.73. The maximum atomic E-state index is 13.6. The van der Waals surface area contributed by atoms with Gasteiger partial charge in [0, 0.05) is 12.8 Å². The first-order valence-electron chi connectivity index (χ1n) is 12.5. The highest BCUT2D eigenvalue weighted by molar-refractivity contribution is 6.35. The molecule has 198 valence electrons. The Hall–Kier alpha value is -3.94. The summed E-state index contributed by atoms with van der Waals surface area (Å²) in [5.41, 5.74) is 2.40. The average Bonchev–Trinajstić information content (AvgIpc) is 3.35. The second kappa shape index (κ2) is 11.4. The van der Waals surface area contributed by atoms with Crippen LogP contribution in [0.5, 0.6) is 0 Å². The fraction of sp³-hybridized carbons (Fsp3) is 0.200. The largest absolute Gasteiger partial charge is 0.469 e. The van der Waals surface area contributed by atoms with Gasteiger partial charge in [-0.25, -0.2) is 4.98 Å². The number of ether oxygens (including phenoxy) is 1. The van der Waals surface area contributed by atoms with Crippen LogP contribution in [0.2, 0.25) is 10.4 Å². The van der Waals surface area contributed by atoms with Crippen molar-refractivity contribution in [3.05, 3.63) is 118 Å². The third-order valence-electron chi connectivity index (χ3n) is 6.88. The molecule has 0 N–H and O–H groups in total. The van der Waals surface area contributed by atoms with Crippen LogP contribution in [0.4, 0.5) is 11.5 Å². The number of anilines is 2. The Morgan fingerprint density at radius 3 is 1.82 bits per heavy atom. The molecule has 2 heterocycles. The SMILES string of the molecule is COC(=O)CCCC(=O)N1CN(C(c2ccccc2)(c2ccccc2)c2ccccc2)c2nc(Cl)nc(Cl)c21.